The van der Waals surface area contributed by atoms with E-state index in [0.29, 0.717) is 18.1 Å². The second-order valence-electron chi connectivity index (χ2n) is 5.78. The van der Waals surface area contributed by atoms with E-state index in [0.717, 1.165) is 6.54 Å². The van der Waals surface area contributed by atoms with Gasteiger partial charge in [-0.1, -0.05) is 6.42 Å². The molecule has 1 saturated heterocycles. The van der Waals surface area contributed by atoms with Crippen molar-refractivity contribution in [3.63, 3.8) is 0 Å². The molecule has 1 aromatic rings. The lowest BCUT2D eigenvalue weighted by molar-refractivity contribution is 0.139. The zero-order chi connectivity index (χ0) is 13.8. The van der Waals surface area contributed by atoms with Gasteiger partial charge in [-0.2, -0.15) is 0 Å². The maximum absolute atomic E-state index is 3.67. The van der Waals surface area contributed by atoms with Crippen molar-refractivity contribution >= 4 is 27.3 Å². The van der Waals surface area contributed by atoms with Crippen LogP contribution in [0.15, 0.2) is 15.9 Å². The van der Waals surface area contributed by atoms with Crippen molar-refractivity contribution in [2.75, 3.05) is 13.1 Å². The number of hydrogen-bond donors (Lipinski definition) is 1. The molecule has 4 heteroatoms. The van der Waals surface area contributed by atoms with Gasteiger partial charge in [-0.25, -0.2) is 0 Å². The topological polar surface area (TPSA) is 15.3 Å². The highest BCUT2D eigenvalue weighted by Gasteiger charge is 2.24. The Morgan fingerprint density at radius 3 is 2.74 bits per heavy atom. The minimum Gasteiger partial charge on any atom is -0.313 e. The van der Waals surface area contributed by atoms with Gasteiger partial charge in [0.25, 0.3) is 0 Å². The number of rotatable bonds is 5. The largest absolute Gasteiger partial charge is 0.313 e. The maximum Gasteiger partial charge on any atom is 0.0417 e. The molecule has 2 heterocycles. The van der Waals surface area contributed by atoms with Crippen LogP contribution in [0.4, 0.5) is 0 Å². The molecule has 108 valence electrons. The predicted molar refractivity (Wildman–Crippen MR) is 87.9 cm³/mol. The highest BCUT2D eigenvalue weighted by Crippen LogP contribution is 2.30. The third-order valence-electron chi connectivity index (χ3n) is 4.00. The summed E-state index contributed by atoms with van der Waals surface area (Å²) in [6.45, 7) is 9.30. The monoisotopic (exact) mass is 344 g/mol. The van der Waals surface area contributed by atoms with Gasteiger partial charge in [-0.3, -0.25) is 4.90 Å². The minimum absolute atomic E-state index is 0.500. The zero-order valence-electron chi connectivity index (χ0n) is 12.2. The Bertz CT molecular complexity index is 385. The van der Waals surface area contributed by atoms with Crippen molar-refractivity contribution in [1.29, 1.82) is 0 Å². The molecule has 0 saturated carbocycles. The molecule has 0 amide bonds. The fourth-order valence-corrected chi connectivity index (χ4v) is 4.38. The van der Waals surface area contributed by atoms with Crippen LogP contribution in [0.25, 0.3) is 0 Å². The second kappa shape index (κ2) is 7.21. The number of nitrogens with one attached hydrogen (secondary N) is 1. The Labute approximate surface area is 129 Å². The van der Waals surface area contributed by atoms with Crippen molar-refractivity contribution in [1.82, 2.24) is 10.2 Å². The van der Waals surface area contributed by atoms with Crippen LogP contribution in [0.1, 0.15) is 51.0 Å². The van der Waals surface area contributed by atoms with Crippen LogP contribution >= 0.6 is 27.3 Å². The van der Waals surface area contributed by atoms with Crippen molar-refractivity contribution in [2.24, 2.45) is 0 Å². The average Bonchev–Trinajstić information content (AvgIpc) is 2.83. The van der Waals surface area contributed by atoms with Gasteiger partial charge < -0.3 is 5.32 Å². The molecule has 1 fully saturated rings. The molecule has 1 aromatic heterocycles. The molecule has 0 aromatic carbocycles. The van der Waals surface area contributed by atoms with Crippen molar-refractivity contribution in [2.45, 2.75) is 58.2 Å². The van der Waals surface area contributed by atoms with Gasteiger partial charge in [0.15, 0.2) is 0 Å². The summed E-state index contributed by atoms with van der Waals surface area (Å²) < 4.78 is 1.21. The molecule has 0 radical (unpaired) electrons. The fourth-order valence-electron chi connectivity index (χ4n) is 2.86. The first-order valence-corrected chi connectivity index (χ1v) is 8.98. The van der Waals surface area contributed by atoms with E-state index in [1.54, 1.807) is 0 Å². The molecule has 2 atom stereocenters. The summed E-state index contributed by atoms with van der Waals surface area (Å²) in [5.74, 6) is 0. The molecule has 2 unspecified atom stereocenters. The van der Waals surface area contributed by atoms with Crippen LogP contribution in [0, 0.1) is 0 Å². The third kappa shape index (κ3) is 4.28. The zero-order valence-corrected chi connectivity index (χ0v) is 14.6. The molecule has 0 aliphatic carbocycles. The quantitative estimate of drug-likeness (QED) is 0.850. The Morgan fingerprint density at radius 2 is 2.21 bits per heavy atom. The van der Waals surface area contributed by atoms with E-state index in [4.69, 9.17) is 0 Å². The number of piperidine rings is 1. The highest BCUT2D eigenvalue weighted by atomic mass is 79.9. The molecule has 1 aliphatic heterocycles. The molecule has 0 bridgehead atoms. The Balaban J connectivity index is 2.02. The van der Waals surface area contributed by atoms with Crippen LogP contribution in [0.3, 0.4) is 0 Å². The van der Waals surface area contributed by atoms with E-state index in [2.05, 4.69) is 58.4 Å². The average molecular weight is 345 g/mol. The fraction of sp³-hybridized carbons (Fsp3) is 0.733. The Hall–Kier alpha value is 0.1000. The summed E-state index contributed by atoms with van der Waals surface area (Å²) in [5.41, 5.74) is 0. The molecular weight excluding hydrogens is 320 g/mol. The molecule has 2 nitrogen and oxygen atoms in total. The van der Waals surface area contributed by atoms with Gasteiger partial charge in [-0.15, -0.1) is 11.3 Å². The van der Waals surface area contributed by atoms with Gasteiger partial charge in [0.05, 0.1) is 0 Å². The Morgan fingerprint density at radius 1 is 1.42 bits per heavy atom. The predicted octanol–water partition coefficient (Wildman–Crippen LogP) is 4.42. The minimum atomic E-state index is 0.500. The molecule has 1 aliphatic rings. The van der Waals surface area contributed by atoms with Gasteiger partial charge in [0, 0.05) is 39.4 Å². The first kappa shape index (κ1) is 15.5. The summed E-state index contributed by atoms with van der Waals surface area (Å²) in [5, 5.41) is 5.85. The second-order valence-corrected chi connectivity index (χ2v) is 7.64. The van der Waals surface area contributed by atoms with E-state index >= 15 is 0 Å². The van der Waals surface area contributed by atoms with Gasteiger partial charge in [0.2, 0.25) is 0 Å². The van der Waals surface area contributed by atoms with Crippen LogP contribution in [0.5, 0.6) is 0 Å². The van der Waals surface area contributed by atoms with E-state index in [1.165, 1.54) is 35.2 Å². The lowest BCUT2D eigenvalue weighted by Crippen LogP contribution is -2.46. The first-order valence-electron chi connectivity index (χ1n) is 7.31. The number of thiophene rings is 1. The summed E-state index contributed by atoms with van der Waals surface area (Å²) in [4.78, 5) is 4.08. The van der Waals surface area contributed by atoms with Crippen LogP contribution < -0.4 is 5.32 Å². The number of nitrogens with zero attached hydrogens (tertiary/aromatic N) is 1. The molecular formula is C15H25BrN2S. The van der Waals surface area contributed by atoms with Gasteiger partial charge in [-0.05, 0) is 62.2 Å². The Kier molecular flexibility index (Phi) is 5.87. The van der Waals surface area contributed by atoms with Crippen molar-refractivity contribution in [3.05, 3.63) is 20.8 Å². The molecule has 1 N–H and O–H groups in total. The highest BCUT2D eigenvalue weighted by molar-refractivity contribution is 9.10. The van der Waals surface area contributed by atoms with E-state index in [9.17, 15) is 0 Å². The molecule has 0 spiro atoms. The molecule has 2 rings (SSSR count). The summed E-state index contributed by atoms with van der Waals surface area (Å²) >= 11 is 5.42. The van der Waals surface area contributed by atoms with Crippen LogP contribution in [-0.2, 0) is 0 Å². The third-order valence-corrected chi connectivity index (χ3v) is 5.87. The normalized spacial score (nSPS) is 22.1. The van der Waals surface area contributed by atoms with Crippen molar-refractivity contribution in [3.8, 4) is 0 Å². The SMILES string of the molecule is CC(C)N(CC1CCCCN1)C(C)c1cc(Br)cs1. The van der Waals surface area contributed by atoms with E-state index in [-0.39, 0.29) is 0 Å². The smallest absolute Gasteiger partial charge is 0.0417 e. The van der Waals surface area contributed by atoms with Gasteiger partial charge >= 0.3 is 0 Å². The van der Waals surface area contributed by atoms with E-state index in [1.807, 2.05) is 11.3 Å². The summed E-state index contributed by atoms with van der Waals surface area (Å²) in [6.07, 6.45) is 4.04. The van der Waals surface area contributed by atoms with Crippen molar-refractivity contribution < 1.29 is 0 Å². The van der Waals surface area contributed by atoms with Crippen LogP contribution in [0.2, 0.25) is 0 Å². The molecule has 19 heavy (non-hydrogen) atoms. The van der Waals surface area contributed by atoms with E-state index < -0.39 is 0 Å². The standard InChI is InChI=1S/C15H25BrN2S/c1-11(2)18(9-14-6-4-5-7-17-14)12(3)15-8-13(16)10-19-15/h8,10-12,14,17H,4-7,9H2,1-3H3. The number of halogens is 1. The van der Waals surface area contributed by atoms with Crippen LogP contribution in [-0.4, -0.2) is 30.1 Å². The lowest BCUT2D eigenvalue weighted by Gasteiger charge is -2.36. The first-order chi connectivity index (χ1) is 9.08. The summed E-state index contributed by atoms with van der Waals surface area (Å²) in [6, 6.07) is 4.01. The maximum atomic E-state index is 3.67. The van der Waals surface area contributed by atoms with Gasteiger partial charge in [0.1, 0.15) is 0 Å². The number of hydrogen-bond acceptors (Lipinski definition) is 3. The summed E-state index contributed by atoms with van der Waals surface area (Å²) in [7, 11) is 0. The lowest BCUT2D eigenvalue weighted by atomic mass is 10.0.